The molecule has 0 aromatic heterocycles. The van der Waals surface area contributed by atoms with Crippen molar-refractivity contribution in [2.24, 2.45) is 5.92 Å². The maximum atomic E-state index is 13.0. The molecule has 2 unspecified atom stereocenters. The van der Waals surface area contributed by atoms with Gasteiger partial charge in [0.05, 0.1) is 5.92 Å². The molecule has 1 aliphatic rings. The molecular weight excluding hydrogens is 294 g/mol. The summed E-state index contributed by atoms with van der Waals surface area (Å²) in [5, 5.41) is 3.06. The van der Waals surface area contributed by atoms with Crippen molar-refractivity contribution in [3.8, 4) is 0 Å². The molecule has 1 N–H and O–H groups in total. The molecule has 120 valence electrons. The highest BCUT2D eigenvalue weighted by Gasteiger charge is 2.28. The predicted octanol–water partition coefficient (Wildman–Crippen LogP) is 5.18. The number of benzene rings is 2. The van der Waals surface area contributed by atoms with E-state index in [1.165, 1.54) is 0 Å². The minimum atomic E-state index is -0.202. The first-order valence-electron chi connectivity index (χ1n) is 8.19. The molecule has 0 spiro atoms. The first-order valence-corrected chi connectivity index (χ1v) is 8.19. The van der Waals surface area contributed by atoms with Crippen molar-refractivity contribution in [1.82, 2.24) is 0 Å². The van der Waals surface area contributed by atoms with E-state index in [0.29, 0.717) is 0 Å². The van der Waals surface area contributed by atoms with E-state index in [-0.39, 0.29) is 17.7 Å². The Morgan fingerprint density at radius 3 is 2.46 bits per heavy atom. The molecule has 1 amide bonds. The predicted molar refractivity (Wildman–Crippen MR) is 101 cm³/mol. The average Bonchev–Trinajstić information content (AvgIpc) is 2.64. The van der Waals surface area contributed by atoms with E-state index in [2.05, 4.69) is 24.0 Å². The van der Waals surface area contributed by atoms with Gasteiger partial charge in [-0.05, 0) is 35.6 Å². The van der Waals surface area contributed by atoms with Gasteiger partial charge in [-0.3, -0.25) is 4.79 Å². The van der Waals surface area contributed by atoms with Crippen LogP contribution < -0.4 is 5.32 Å². The van der Waals surface area contributed by atoms with Gasteiger partial charge in [0.2, 0.25) is 5.91 Å². The molecule has 1 aliphatic carbocycles. The minimum Gasteiger partial charge on any atom is -0.326 e. The Labute approximate surface area is 143 Å². The zero-order chi connectivity index (χ0) is 16.8. The van der Waals surface area contributed by atoms with Gasteiger partial charge in [-0.1, -0.05) is 79.4 Å². The molecule has 0 aliphatic heterocycles. The molecule has 2 aromatic rings. The molecule has 3 rings (SSSR count). The van der Waals surface area contributed by atoms with Crippen LogP contribution in [-0.2, 0) is 4.79 Å². The Morgan fingerprint density at radius 1 is 1.08 bits per heavy atom. The smallest absolute Gasteiger partial charge is 0.232 e. The summed E-state index contributed by atoms with van der Waals surface area (Å²) in [7, 11) is 0. The van der Waals surface area contributed by atoms with Crippen LogP contribution in [0.2, 0.25) is 0 Å². The van der Waals surface area contributed by atoms with E-state index in [1.54, 1.807) is 6.08 Å². The van der Waals surface area contributed by atoms with Gasteiger partial charge >= 0.3 is 0 Å². The third kappa shape index (κ3) is 3.72. The lowest BCUT2D eigenvalue weighted by molar-refractivity contribution is -0.118. The molecule has 2 atom stereocenters. The van der Waals surface area contributed by atoms with Crippen molar-refractivity contribution in [2.75, 3.05) is 5.32 Å². The van der Waals surface area contributed by atoms with Crippen LogP contribution in [0.3, 0.4) is 0 Å². The topological polar surface area (TPSA) is 29.1 Å². The van der Waals surface area contributed by atoms with Crippen LogP contribution in [0, 0.1) is 5.92 Å². The maximum Gasteiger partial charge on any atom is 0.232 e. The van der Waals surface area contributed by atoms with Gasteiger partial charge in [0.15, 0.2) is 0 Å². The quantitative estimate of drug-likeness (QED) is 0.809. The molecule has 0 bridgehead atoms. The van der Waals surface area contributed by atoms with Crippen molar-refractivity contribution in [3.05, 3.63) is 96.6 Å². The van der Waals surface area contributed by atoms with E-state index < -0.39 is 0 Å². The second kappa shape index (κ2) is 7.60. The number of anilines is 1. The van der Waals surface area contributed by atoms with Crippen molar-refractivity contribution in [2.45, 2.75) is 12.3 Å². The van der Waals surface area contributed by atoms with Crippen LogP contribution >= 0.6 is 0 Å². The molecular formula is C22H21NO. The summed E-state index contributed by atoms with van der Waals surface area (Å²) in [4.78, 5) is 13.0. The van der Waals surface area contributed by atoms with Crippen LogP contribution in [0.4, 0.5) is 5.69 Å². The fourth-order valence-electron chi connectivity index (χ4n) is 3.02. The van der Waals surface area contributed by atoms with Gasteiger partial charge in [0.25, 0.3) is 0 Å². The number of allylic oxidation sites excluding steroid dienone is 4. The lowest BCUT2D eigenvalue weighted by Gasteiger charge is -2.25. The largest absolute Gasteiger partial charge is 0.326 e. The van der Waals surface area contributed by atoms with Gasteiger partial charge in [-0.25, -0.2) is 0 Å². The maximum absolute atomic E-state index is 13.0. The average molecular weight is 315 g/mol. The highest BCUT2D eigenvalue weighted by Crippen LogP contribution is 2.31. The molecule has 0 fully saturated rings. The highest BCUT2D eigenvalue weighted by atomic mass is 16.1. The number of hydrogen-bond donors (Lipinski definition) is 1. The zero-order valence-electron chi connectivity index (χ0n) is 13.6. The molecule has 0 radical (unpaired) electrons. The van der Waals surface area contributed by atoms with Gasteiger partial charge in [-0.15, -0.1) is 0 Å². The number of hydrogen-bond acceptors (Lipinski definition) is 1. The Balaban J connectivity index is 1.84. The second-order valence-corrected chi connectivity index (χ2v) is 5.92. The van der Waals surface area contributed by atoms with Crippen LogP contribution in [0.25, 0.3) is 6.08 Å². The SMILES string of the molecule is C=Cc1ccc(NC(=O)C(c2ccccc2)C2C=CC=CC2)cc1. The van der Waals surface area contributed by atoms with Crippen LogP contribution in [0.15, 0.2) is 85.5 Å². The molecule has 2 aromatic carbocycles. The van der Waals surface area contributed by atoms with Crippen molar-refractivity contribution in [1.29, 1.82) is 0 Å². The summed E-state index contributed by atoms with van der Waals surface area (Å²) in [6, 6.07) is 17.7. The summed E-state index contributed by atoms with van der Waals surface area (Å²) in [5.41, 5.74) is 2.89. The van der Waals surface area contributed by atoms with E-state index in [9.17, 15) is 4.79 Å². The number of rotatable bonds is 5. The molecule has 24 heavy (non-hydrogen) atoms. The lowest BCUT2D eigenvalue weighted by atomic mass is 9.81. The number of carbonyl (C=O) groups excluding carboxylic acids is 1. The lowest BCUT2D eigenvalue weighted by Crippen LogP contribution is -2.27. The molecule has 2 nitrogen and oxygen atoms in total. The molecule has 0 saturated heterocycles. The highest BCUT2D eigenvalue weighted by molar-refractivity contribution is 5.96. The van der Waals surface area contributed by atoms with Gasteiger partial charge in [0.1, 0.15) is 0 Å². The number of amides is 1. The summed E-state index contributed by atoms with van der Waals surface area (Å²) < 4.78 is 0. The number of nitrogens with one attached hydrogen (secondary N) is 1. The third-order valence-electron chi connectivity index (χ3n) is 4.30. The van der Waals surface area contributed by atoms with Gasteiger partial charge in [-0.2, -0.15) is 0 Å². The van der Waals surface area contributed by atoms with Crippen LogP contribution in [0.5, 0.6) is 0 Å². The summed E-state index contributed by atoms with van der Waals surface area (Å²) in [5.74, 6) is -0.00571. The molecule has 2 heteroatoms. The van der Waals surface area contributed by atoms with E-state index in [1.807, 2.05) is 66.7 Å². The number of carbonyl (C=O) groups is 1. The van der Waals surface area contributed by atoms with Crippen LogP contribution in [-0.4, -0.2) is 5.91 Å². The first-order chi connectivity index (χ1) is 11.8. The fourth-order valence-corrected chi connectivity index (χ4v) is 3.02. The summed E-state index contributed by atoms with van der Waals surface area (Å²) in [6.45, 7) is 3.75. The van der Waals surface area contributed by atoms with E-state index >= 15 is 0 Å². The summed E-state index contributed by atoms with van der Waals surface area (Å²) >= 11 is 0. The van der Waals surface area contributed by atoms with Crippen molar-refractivity contribution < 1.29 is 4.79 Å². The summed E-state index contributed by atoms with van der Waals surface area (Å²) in [6.07, 6.45) is 11.0. The Bertz CT molecular complexity index is 756. The first kappa shape index (κ1) is 16.0. The Kier molecular flexibility index (Phi) is 5.07. The van der Waals surface area contributed by atoms with Gasteiger partial charge < -0.3 is 5.32 Å². The molecule has 0 saturated carbocycles. The minimum absolute atomic E-state index is 0.0255. The van der Waals surface area contributed by atoms with E-state index in [0.717, 1.165) is 23.2 Å². The third-order valence-corrected chi connectivity index (χ3v) is 4.30. The normalized spacial score (nSPS) is 17.2. The van der Waals surface area contributed by atoms with Crippen molar-refractivity contribution >= 4 is 17.7 Å². The Hall–Kier alpha value is -2.87. The Morgan fingerprint density at radius 2 is 1.83 bits per heavy atom. The zero-order valence-corrected chi connectivity index (χ0v) is 13.6. The van der Waals surface area contributed by atoms with Crippen molar-refractivity contribution in [3.63, 3.8) is 0 Å². The fraction of sp³-hybridized carbons (Fsp3) is 0.136. The standard InChI is InChI=1S/C22H21NO/c1-2-17-13-15-20(16-14-17)23-22(24)21(18-9-5-3-6-10-18)19-11-7-4-8-12-19/h2-11,13-16,19,21H,1,12H2,(H,23,24). The molecule has 0 heterocycles. The monoisotopic (exact) mass is 315 g/mol. The second-order valence-electron chi connectivity index (χ2n) is 5.92. The van der Waals surface area contributed by atoms with Gasteiger partial charge in [0, 0.05) is 5.69 Å². The van der Waals surface area contributed by atoms with E-state index in [4.69, 9.17) is 0 Å². The van der Waals surface area contributed by atoms with Crippen LogP contribution in [0.1, 0.15) is 23.5 Å².